The van der Waals surface area contributed by atoms with Crippen molar-refractivity contribution in [3.05, 3.63) is 59.9 Å². The normalized spacial score (nSPS) is 12.0. The minimum absolute atomic E-state index is 0.0300. The molecule has 5 heteroatoms. The number of pyridine rings is 1. The fraction of sp³-hybridized carbons (Fsp3) is 0.368. The Morgan fingerprint density at radius 1 is 1.21 bits per heavy atom. The molecule has 1 atom stereocenters. The first-order valence-electron chi connectivity index (χ1n) is 8.07. The third kappa shape index (κ3) is 5.06. The van der Waals surface area contributed by atoms with Crippen LogP contribution in [0.15, 0.2) is 48.7 Å². The van der Waals surface area contributed by atoms with Crippen LogP contribution in [0.2, 0.25) is 0 Å². The average Bonchev–Trinajstić information content (AvgIpc) is 2.61. The van der Waals surface area contributed by atoms with Gasteiger partial charge in [0.25, 0.3) is 0 Å². The van der Waals surface area contributed by atoms with E-state index in [0.29, 0.717) is 19.4 Å². The van der Waals surface area contributed by atoms with Crippen molar-refractivity contribution in [1.82, 2.24) is 15.2 Å². The molecule has 0 aliphatic heterocycles. The van der Waals surface area contributed by atoms with Crippen molar-refractivity contribution in [3.63, 3.8) is 0 Å². The molecular formula is C19H25N3O2. The number of aryl methyl sites for hydroxylation is 1. The summed E-state index contributed by atoms with van der Waals surface area (Å²) in [7, 11) is 5.66. The Labute approximate surface area is 143 Å². The van der Waals surface area contributed by atoms with Crippen LogP contribution in [-0.4, -0.2) is 43.5 Å². The van der Waals surface area contributed by atoms with E-state index in [9.17, 15) is 4.79 Å². The number of aromatic nitrogens is 1. The Morgan fingerprint density at radius 3 is 2.62 bits per heavy atom. The van der Waals surface area contributed by atoms with Crippen LogP contribution in [-0.2, 0) is 11.2 Å². The second-order valence-electron chi connectivity index (χ2n) is 5.85. The third-order valence-corrected chi connectivity index (χ3v) is 3.95. The second kappa shape index (κ2) is 9.03. The molecule has 5 nitrogen and oxygen atoms in total. The summed E-state index contributed by atoms with van der Waals surface area (Å²) in [6.45, 7) is 0.536. The number of hydrogen-bond donors (Lipinski definition) is 1. The molecular weight excluding hydrogens is 302 g/mol. The highest BCUT2D eigenvalue weighted by Gasteiger charge is 2.18. The van der Waals surface area contributed by atoms with Gasteiger partial charge < -0.3 is 15.0 Å². The lowest BCUT2D eigenvalue weighted by atomic mass is 10.0. The lowest BCUT2D eigenvalue weighted by molar-refractivity contribution is -0.121. The first-order chi connectivity index (χ1) is 11.6. The second-order valence-corrected chi connectivity index (χ2v) is 5.85. The molecule has 0 aliphatic rings. The maximum atomic E-state index is 12.1. The lowest BCUT2D eigenvalue weighted by Crippen LogP contribution is -2.34. The fourth-order valence-corrected chi connectivity index (χ4v) is 2.60. The maximum absolute atomic E-state index is 12.1. The first kappa shape index (κ1) is 17.9. The Balaban J connectivity index is 1.93. The van der Waals surface area contributed by atoms with Gasteiger partial charge in [0, 0.05) is 30.4 Å². The van der Waals surface area contributed by atoms with Gasteiger partial charge in [-0.25, -0.2) is 0 Å². The predicted octanol–water partition coefficient (Wildman–Crippen LogP) is 2.44. The van der Waals surface area contributed by atoms with Gasteiger partial charge in [0.15, 0.2) is 0 Å². The minimum atomic E-state index is 0.0300. The molecule has 1 heterocycles. The number of ether oxygens (including phenoxy) is 1. The standard InChI is InChI=1S/C19H25N3O2/c1-22(2)17(16-9-4-5-10-18(16)24-3)14-21-19(23)12-11-15-8-6-7-13-20-15/h4-10,13,17H,11-12,14H2,1-3H3,(H,21,23)/t17-/m0/s1. The quantitative estimate of drug-likeness (QED) is 0.809. The summed E-state index contributed by atoms with van der Waals surface area (Å²) in [6, 6.07) is 13.7. The summed E-state index contributed by atoms with van der Waals surface area (Å²) < 4.78 is 5.44. The molecule has 0 fully saturated rings. The number of carbonyl (C=O) groups is 1. The highest BCUT2D eigenvalue weighted by atomic mass is 16.5. The smallest absolute Gasteiger partial charge is 0.220 e. The van der Waals surface area contributed by atoms with E-state index >= 15 is 0 Å². The van der Waals surface area contributed by atoms with Gasteiger partial charge in [-0.15, -0.1) is 0 Å². The van der Waals surface area contributed by atoms with Gasteiger partial charge in [-0.3, -0.25) is 9.78 Å². The monoisotopic (exact) mass is 327 g/mol. The molecule has 0 bridgehead atoms. The molecule has 0 radical (unpaired) electrons. The number of carbonyl (C=O) groups excluding carboxylic acids is 1. The molecule has 0 unspecified atom stereocenters. The summed E-state index contributed by atoms with van der Waals surface area (Å²) in [5.74, 6) is 0.862. The van der Waals surface area contributed by atoms with Gasteiger partial charge in [0.05, 0.1) is 13.2 Å². The maximum Gasteiger partial charge on any atom is 0.220 e. The molecule has 1 N–H and O–H groups in total. The van der Waals surface area contributed by atoms with Gasteiger partial charge in [-0.2, -0.15) is 0 Å². The van der Waals surface area contributed by atoms with Gasteiger partial charge in [-0.05, 0) is 38.7 Å². The predicted molar refractivity (Wildman–Crippen MR) is 95.0 cm³/mol. The van der Waals surface area contributed by atoms with Crippen LogP contribution in [0.4, 0.5) is 0 Å². The summed E-state index contributed by atoms with van der Waals surface area (Å²) in [5, 5.41) is 3.02. The zero-order valence-corrected chi connectivity index (χ0v) is 14.5. The third-order valence-electron chi connectivity index (χ3n) is 3.95. The Hall–Kier alpha value is -2.40. The topological polar surface area (TPSA) is 54.5 Å². The van der Waals surface area contributed by atoms with Crippen molar-refractivity contribution in [1.29, 1.82) is 0 Å². The van der Waals surface area contributed by atoms with Crippen LogP contribution in [0.25, 0.3) is 0 Å². The number of hydrogen-bond acceptors (Lipinski definition) is 4. The van der Waals surface area contributed by atoms with E-state index in [1.165, 1.54) is 0 Å². The average molecular weight is 327 g/mol. The number of likely N-dealkylation sites (N-methyl/N-ethyl adjacent to an activating group) is 1. The molecule has 128 valence electrons. The van der Waals surface area contributed by atoms with E-state index in [-0.39, 0.29) is 11.9 Å². The lowest BCUT2D eigenvalue weighted by Gasteiger charge is -2.26. The van der Waals surface area contributed by atoms with Crippen molar-refractivity contribution < 1.29 is 9.53 Å². The number of benzene rings is 1. The van der Waals surface area contributed by atoms with Crippen molar-refractivity contribution in [2.75, 3.05) is 27.7 Å². The Bertz CT molecular complexity index is 644. The highest BCUT2D eigenvalue weighted by Crippen LogP contribution is 2.27. The summed E-state index contributed by atoms with van der Waals surface area (Å²) >= 11 is 0. The molecule has 0 saturated heterocycles. The molecule has 0 spiro atoms. The molecule has 2 rings (SSSR count). The van der Waals surface area contributed by atoms with Gasteiger partial charge in [-0.1, -0.05) is 24.3 Å². The SMILES string of the molecule is COc1ccccc1[C@H](CNC(=O)CCc1ccccn1)N(C)C. The summed E-state index contributed by atoms with van der Waals surface area (Å²) in [6.07, 6.45) is 2.83. The number of methoxy groups -OCH3 is 1. The molecule has 24 heavy (non-hydrogen) atoms. The van der Waals surface area contributed by atoms with E-state index in [1.54, 1.807) is 13.3 Å². The van der Waals surface area contributed by atoms with Crippen LogP contribution < -0.4 is 10.1 Å². The molecule has 1 aromatic carbocycles. The van der Waals surface area contributed by atoms with Gasteiger partial charge >= 0.3 is 0 Å². The number of nitrogens with zero attached hydrogens (tertiary/aromatic N) is 2. The van der Waals surface area contributed by atoms with Crippen LogP contribution in [0, 0.1) is 0 Å². The van der Waals surface area contributed by atoms with Crippen molar-refractivity contribution in [3.8, 4) is 5.75 Å². The Kier molecular flexibility index (Phi) is 6.75. The summed E-state index contributed by atoms with van der Waals surface area (Å²) in [5.41, 5.74) is 2.00. The van der Waals surface area contributed by atoms with Crippen LogP contribution in [0.5, 0.6) is 5.75 Å². The van der Waals surface area contributed by atoms with Crippen LogP contribution in [0.3, 0.4) is 0 Å². The molecule has 1 amide bonds. The van der Waals surface area contributed by atoms with Crippen molar-refractivity contribution in [2.45, 2.75) is 18.9 Å². The molecule has 0 aliphatic carbocycles. The first-order valence-corrected chi connectivity index (χ1v) is 8.07. The number of amides is 1. The molecule has 0 saturated carbocycles. The van der Waals surface area contributed by atoms with E-state index in [4.69, 9.17) is 4.74 Å². The van der Waals surface area contributed by atoms with E-state index < -0.39 is 0 Å². The van der Waals surface area contributed by atoms with E-state index in [2.05, 4.69) is 15.2 Å². The zero-order chi connectivity index (χ0) is 17.4. The largest absolute Gasteiger partial charge is 0.496 e. The Morgan fingerprint density at radius 2 is 1.96 bits per heavy atom. The minimum Gasteiger partial charge on any atom is -0.496 e. The number of nitrogens with one attached hydrogen (secondary N) is 1. The van der Waals surface area contributed by atoms with Gasteiger partial charge in [0.2, 0.25) is 5.91 Å². The number of rotatable bonds is 8. The number of para-hydroxylation sites is 1. The van der Waals surface area contributed by atoms with Crippen molar-refractivity contribution in [2.24, 2.45) is 0 Å². The fourth-order valence-electron chi connectivity index (χ4n) is 2.60. The van der Waals surface area contributed by atoms with Gasteiger partial charge in [0.1, 0.15) is 5.75 Å². The zero-order valence-electron chi connectivity index (χ0n) is 14.5. The highest BCUT2D eigenvalue weighted by molar-refractivity contribution is 5.76. The molecule has 2 aromatic rings. The summed E-state index contributed by atoms with van der Waals surface area (Å²) in [4.78, 5) is 18.5. The van der Waals surface area contributed by atoms with Crippen LogP contribution in [0.1, 0.15) is 23.7 Å². The van der Waals surface area contributed by atoms with Crippen molar-refractivity contribution >= 4 is 5.91 Å². The van der Waals surface area contributed by atoms with E-state index in [1.807, 2.05) is 56.6 Å². The van der Waals surface area contributed by atoms with Crippen LogP contribution >= 0.6 is 0 Å². The van der Waals surface area contributed by atoms with E-state index in [0.717, 1.165) is 17.0 Å². The molecule has 1 aromatic heterocycles.